The maximum absolute atomic E-state index is 12.2. The third-order valence-corrected chi connectivity index (χ3v) is 4.44. The highest BCUT2D eigenvalue weighted by Gasteiger charge is 2.17. The molecule has 5 heteroatoms. The monoisotopic (exact) mass is 370 g/mol. The minimum absolute atomic E-state index is 0.129. The summed E-state index contributed by atoms with van der Waals surface area (Å²) in [6.45, 7) is 6.68. The van der Waals surface area contributed by atoms with Crippen molar-refractivity contribution in [2.45, 2.75) is 39.5 Å². The minimum Gasteiger partial charge on any atom is -0.463 e. The number of amides is 1. The number of carbonyl (C=O) groups excluding carboxylic acids is 2. The summed E-state index contributed by atoms with van der Waals surface area (Å²) in [6, 6.07) is 8.13. The van der Waals surface area contributed by atoms with Gasteiger partial charge >= 0.3 is 5.97 Å². The number of hydrogen-bond acceptors (Lipinski definition) is 4. The zero-order valence-corrected chi connectivity index (χ0v) is 16.7. The van der Waals surface area contributed by atoms with Gasteiger partial charge in [-0.25, -0.2) is 0 Å². The van der Waals surface area contributed by atoms with Crippen LogP contribution in [0.5, 0.6) is 0 Å². The Bertz CT molecular complexity index is 705. The average Bonchev–Trinajstić information content (AvgIpc) is 2.64. The van der Waals surface area contributed by atoms with E-state index in [1.54, 1.807) is 6.20 Å². The van der Waals surface area contributed by atoms with Crippen molar-refractivity contribution < 1.29 is 14.3 Å². The third kappa shape index (κ3) is 6.59. The van der Waals surface area contributed by atoms with Crippen molar-refractivity contribution in [3.05, 3.63) is 59.4 Å². The first-order valence-electron chi connectivity index (χ1n) is 9.49. The molecule has 1 atom stereocenters. The van der Waals surface area contributed by atoms with E-state index in [4.69, 9.17) is 4.74 Å². The van der Waals surface area contributed by atoms with Crippen LogP contribution in [-0.2, 0) is 20.7 Å². The van der Waals surface area contributed by atoms with Crippen LogP contribution in [0.15, 0.2) is 48.3 Å². The molecule has 1 heterocycles. The van der Waals surface area contributed by atoms with Crippen LogP contribution in [0, 0.1) is 5.92 Å². The summed E-state index contributed by atoms with van der Waals surface area (Å²) in [5.41, 5.74) is 2.91. The molecular weight excluding hydrogens is 340 g/mol. The maximum atomic E-state index is 12.2. The molecule has 0 fully saturated rings. The number of esters is 1. The lowest BCUT2D eigenvalue weighted by Gasteiger charge is -2.16. The second-order valence-electron chi connectivity index (χ2n) is 7.39. The molecule has 2 rings (SSSR count). The van der Waals surface area contributed by atoms with Gasteiger partial charge in [-0.15, -0.1) is 0 Å². The predicted octanol–water partition coefficient (Wildman–Crippen LogP) is 3.38. The highest BCUT2D eigenvalue weighted by Crippen LogP contribution is 2.19. The van der Waals surface area contributed by atoms with Gasteiger partial charge in [0.25, 0.3) is 0 Å². The van der Waals surface area contributed by atoms with Crippen LogP contribution in [0.25, 0.3) is 0 Å². The molecule has 1 aliphatic heterocycles. The van der Waals surface area contributed by atoms with Crippen molar-refractivity contribution in [1.29, 1.82) is 0 Å². The normalized spacial score (nSPS) is 14.7. The van der Waals surface area contributed by atoms with Crippen molar-refractivity contribution in [3.8, 4) is 0 Å². The summed E-state index contributed by atoms with van der Waals surface area (Å²) in [4.78, 5) is 26.1. The number of allylic oxidation sites excluding steroid dienone is 1. The Morgan fingerprint density at radius 1 is 1.19 bits per heavy atom. The number of ether oxygens (including phenoxy) is 1. The first-order valence-corrected chi connectivity index (χ1v) is 9.49. The quantitative estimate of drug-likeness (QED) is 0.563. The minimum atomic E-state index is -0.325. The van der Waals surface area contributed by atoms with Crippen LogP contribution in [0.1, 0.15) is 44.2 Å². The van der Waals surface area contributed by atoms with Crippen molar-refractivity contribution in [2.75, 3.05) is 20.2 Å². The molecule has 0 spiro atoms. The predicted molar refractivity (Wildman–Crippen MR) is 107 cm³/mol. The van der Waals surface area contributed by atoms with Crippen molar-refractivity contribution >= 4 is 11.9 Å². The number of rotatable bonds is 8. The molecule has 146 valence electrons. The molecule has 1 unspecified atom stereocenters. The van der Waals surface area contributed by atoms with E-state index in [1.807, 2.05) is 43.3 Å². The van der Waals surface area contributed by atoms with Gasteiger partial charge in [0.2, 0.25) is 5.91 Å². The second-order valence-corrected chi connectivity index (χ2v) is 7.39. The summed E-state index contributed by atoms with van der Waals surface area (Å²) in [5.74, 6) is -0.126. The summed E-state index contributed by atoms with van der Waals surface area (Å²) < 4.78 is 5.31. The molecule has 0 aromatic heterocycles. The Hall–Kier alpha value is -2.56. The first-order chi connectivity index (χ1) is 12.9. The van der Waals surface area contributed by atoms with E-state index in [2.05, 4.69) is 31.3 Å². The Morgan fingerprint density at radius 3 is 2.52 bits per heavy atom. The molecule has 0 saturated heterocycles. The lowest BCUT2D eigenvalue weighted by atomic mass is 9.97. The number of carbonyl (C=O) groups is 2. The molecular formula is C22H30N2O3. The summed E-state index contributed by atoms with van der Waals surface area (Å²) in [7, 11) is 1.88. The van der Waals surface area contributed by atoms with Gasteiger partial charge in [0.15, 0.2) is 0 Å². The summed E-state index contributed by atoms with van der Waals surface area (Å²) in [5, 5.41) is 2.79. The molecule has 1 aromatic carbocycles. The SMILES string of the molecule is CC(C)Cc1ccc(C(C)C(=O)OCCNC(=O)C2=CN(C)C=CC2)cc1. The fourth-order valence-corrected chi connectivity index (χ4v) is 2.94. The smallest absolute Gasteiger partial charge is 0.313 e. The van der Waals surface area contributed by atoms with E-state index in [-0.39, 0.29) is 24.4 Å². The van der Waals surface area contributed by atoms with Crippen LogP contribution < -0.4 is 5.32 Å². The first kappa shape index (κ1) is 20.7. The van der Waals surface area contributed by atoms with Crippen molar-refractivity contribution in [2.24, 2.45) is 5.92 Å². The van der Waals surface area contributed by atoms with E-state index in [1.165, 1.54) is 5.56 Å². The van der Waals surface area contributed by atoms with Crippen LogP contribution in [0.4, 0.5) is 0 Å². The van der Waals surface area contributed by atoms with Gasteiger partial charge in [0.1, 0.15) is 6.61 Å². The molecule has 1 aromatic rings. The van der Waals surface area contributed by atoms with Gasteiger partial charge < -0.3 is 15.0 Å². The zero-order chi connectivity index (χ0) is 19.8. The lowest BCUT2D eigenvalue weighted by molar-refractivity contribution is -0.145. The summed E-state index contributed by atoms with van der Waals surface area (Å²) in [6.07, 6.45) is 7.28. The van der Waals surface area contributed by atoms with Crippen LogP contribution in [0.2, 0.25) is 0 Å². The van der Waals surface area contributed by atoms with Gasteiger partial charge in [-0.1, -0.05) is 44.2 Å². The second kappa shape index (κ2) is 9.95. The van der Waals surface area contributed by atoms with E-state index < -0.39 is 0 Å². The molecule has 0 bridgehead atoms. The van der Waals surface area contributed by atoms with Crippen LogP contribution >= 0.6 is 0 Å². The van der Waals surface area contributed by atoms with Crippen LogP contribution in [-0.4, -0.2) is 37.0 Å². The van der Waals surface area contributed by atoms with E-state index in [0.29, 0.717) is 24.5 Å². The fourth-order valence-electron chi connectivity index (χ4n) is 2.94. The van der Waals surface area contributed by atoms with Crippen molar-refractivity contribution in [1.82, 2.24) is 10.2 Å². The number of nitrogens with zero attached hydrogens (tertiary/aromatic N) is 1. The van der Waals surface area contributed by atoms with Gasteiger partial charge in [0.05, 0.1) is 12.5 Å². The summed E-state index contributed by atoms with van der Waals surface area (Å²) >= 11 is 0. The molecule has 0 saturated carbocycles. The molecule has 0 radical (unpaired) electrons. The Balaban J connectivity index is 1.74. The van der Waals surface area contributed by atoms with Gasteiger partial charge in [-0.05, 0) is 43.0 Å². The molecule has 1 N–H and O–H groups in total. The Kier molecular flexibility index (Phi) is 7.65. The highest BCUT2D eigenvalue weighted by atomic mass is 16.5. The third-order valence-electron chi connectivity index (χ3n) is 4.44. The Labute approximate surface area is 162 Å². The topological polar surface area (TPSA) is 58.6 Å². The van der Waals surface area contributed by atoms with Gasteiger partial charge in [-0.3, -0.25) is 9.59 Å². The number of nitrogens with one attached hydrogen (secondary N) is 1. The van der Waals surface area contributed by atoms with E-state index in [0.717, 1.165) is 12.0 Å². The number of benzene rings is 1. The van der Waals surface area contributed by atoms with Crippen molar-refractivity contribution in [3.63, 3.8) is 0 Å². The Morgan fingerprint density at radius 2 is 1.89 bits per heavy atom. The fraction of sp³-hybridized carbons (Fsp3) is 0.455. The largest absolute Gasteiger partial charge is 0.463 e. The van der Waals surface area contributed by atoms with Gasteiger partial charge in [0, 0.05) is 18.8 Å². The lowest BCUT2D eigenvalue weighted by Crippen LogP contribution is -2.30. The maximum Gasteiger partial charge on any atom is 0.313 e. The van der Waals surface area contributed by atoms with Crippen LogP contribution in [0.3, 0.4) is 0 Å². The average molecular weight is 370 g/mol. The van der Waals surface area contributed by atoms with E-state index >= 15 is 0 Å². The molecule has 5 nitrogen and oxygen atoms in total. The van der Waals surface area contributed by atoms with E-state index in [9.17, 15) is 9.59 Å². The zero-order valence-electron chi connectivity index (χ0n) is 16.7. The standard InChI is InChI=1S/C22H30N2O3/c1-16(2)14-18-7-9-19(10-8-18)17(3)22(26)27-13-11-23-21(25)20-6-5-12-24(4)15-20/h5,7-10,12,15-17H,6,11,13-14H2,1-4H3,(H,23,25). The highest BCUT2D eigenvalue weighted by molar-refractivity contribution is 5.93. The molecule has 1 amide bonds. The van der Waals surface area contributed by atoms with Gasteiger partial charge in [-0.2, -0.15) is 0 Å². The molecule has 27 heavy (non-hydrogen) atoms. The molecule has 1 aliphatic rings. The molecule has 0 aliphatic carbocycles. The number of hydrogen-bond donors (Lipinski definition) is 1.